The van der Waals surface area contributed by atoms with Crippen molar-refractivity contribution in [1.82, 2.24) is 4.31 Å². The maximum absolute atomic E-state index is 12.4. The number of thiophene rings is 1. The highest BCUT2D eigenvalue weighted by Crippen LogP contribution is 2.25. The zero-order valence-corrected chi connectivity index (χ0v) is 13.2. The van der Waals surface area contributed by atoms with Crippen LogP contribution in [0.4, 0.5) is 0 Å². The first kappa shape index (κ1) is 15.5. The molecule has 1 heterocycles. The van der Waals surface area contributed by atoms with Crippen molar-refractivity contribution in [2.24, 2.45) is 0 Å². The number of aliphatic hydroxyl groups is 1. The molecule has 1 aromatic carbocycles. The Labute approximate surface area is 127 Å². The molecule has 7 heteroatoms. The van der Waals surface area contributed by atoms with Gasteiger partial charge in [0.05, 0.1) is 6.61 Å². The first-order chi connectivity index (χ1) is 9.43. The van der Waals surface area contributed by atoms with Crippen LogP contribution in [-0.4, -0.2) is 24.9 Å². The third kappa shape index (κ3) is 3.39. The van der Waals surface area contributed by atoms with Gasteiger partial charge in [0.1, 0.15) is 4.21 Å². The Bertz CT molecular complexity index is 697. The lowest BCUT2D eigenvalue weighted by atomic mass is 10.2. The smallest absolute Gasteiger partial charge is 0.252 e. The Kier molecular flexibility index (Phi) is 4.82. The molecule has 0 aliphatic rings. The molecule has 0 fully saturated rings. The van der Waals surface area contributed by atoms with Gasteiger partial charge in [-0.15, -0.1) is 11.3 Å². The van der Waals surface area contributed by atoms with Gasteiger partial charge in [-0.3, -0.25) is 0 Å². The van der Waals surface area contributed by atoms with E-state index in [9.17, 15) is 8.42 Å². The van der Waals surface area contributed by atoms with E-state index < -0.39 is 10.0 Å². The lowest BCUT2D eigenvalue weighted by Crippen LogP contribution is -2.25. The van der Waals surface area contributed by atoms with E-state index in [1.54, 1.807) is 24.3 Å². The predicted octanol–water partition coefficient (Wildman–Crippen LogP) is 2.71. The van der Waals surface area contributed by atoms with Crippen molar-refractivity contribution >= 4 is 33.0 Å². The van der Waals surface area contributed by atoms with Crippen molar-refractivity contribution in [3.63, 3.8) is 0 Å². The maximum atomic E-state index is 12.4. The van der Waals surface area contributed by atoms with E-state index in [4.69, 9.17) is 16.7 Å². The largest absolute Gasteiger partial charge is 0.391 e. The number of halogens is 1. The summed E-state index contributed by atoms with van der Waals surface area (Å²) in [5.41, 5.74) is 0.822. The predicted molar refractivity (Wildman–Crippen MR) is 80.3 cm³/mol. The second-order valence-electron chi connectivity index (χ2n) is 4.27. The number of hydrogen-bond acceptors (Lipinski definition) is 4. The van der Waals surface area contributed by atoms with Crippen molar-refractivity contribution < 1.29 is 13.5 Å². The SMILES string of the molecule is CN(Cc1cccc(Cl)c1)S(=O)(=O)c1ccc(CO)s1. The van der Waals surface area contributed by atoms with Crippen LogP contribution in [0, 0.1) is 0 Å². The summed E-state index contributed by atoms with van der Waals surface area (Å²) in [6.45, 7) is 0.0907. The molecule has 0 amide bonds. The van der Waals surface area contributed by atoms with Crippen molar-refractivity contribution in [3.8, 4) is 0 Å². The van der Waals surface area contributed by atoms with Gasteiger partial charge in [0, 0.05) is 23.5 Å². The number of benzene rings is 1. The van der Waals surface area contributed by atoms with Gasteiger partial charge in [0.15, 0.2) is 0 Å². The molecular formula is C13H14ClNO3S2. The molecule has 2 rings (SSSR count). The molecule has 0 bridgehead atoms. The molecule has 1 aromatic heterocycles. The summed E-state index contributed by atoms with van der Waals surface area (Å²) in [6, 6.07) is 10.2. The summed E-state index contributed by atoms with van der Waals surface area (Å²) in [6.07, 6.45) is 0. The average Bonchev–Trinajstić information content (AvgIpc) is 2.88. The monoisotopic (exact) mass is 331 g/mol. The van der Waals surface area contributed by atoms with Gasteiger partial charge in [-0.25, -0.2) is 8.42 Å². The van der Waals surface area contributed by atoms with Crippen LogP contribution in [-0.2, 0) is 23.2 Å². The highest BCUT2D eigenvalue weighted by atomic mass is 35.5. The topological polar surface area (TPSA) is 57.6 Å². The lowest BCUT2D eigenvalue weighted by Gasteiger charge is -2.16. The molecule has 20 heavy (non-hydrogen) atoms. The Morgan fingerprint density at radius 1 is 1.30 bits per heavy atom. The molecule has 108 valence electrons. The van der Waals surface area contributed by atoms with Crippen molar-refractivity contribution in [2.75, 3.05) is 7.05 Å². The zero-order valence-electron chi connectivity index (χ0n) is 10.8. The molecule has 0 aliphatic heterocycles. The van der Waals surface area contributed by atoms with Crippen LogP contribution < -0.4 is 0 Å². The summed E-state index contributed by atoms with van der Waals surface area (Å²) in [7, 11) is -2.02. The fraction of sp³-hybridized carbons (Fsp3) is 0.231. The molecule has 2 aromatic rings. The number of nitrogens with zero attached hydrogens (tertiary/aromatic N) is 1. The molecule has 0 saturated heterocycles. The molecule has 0 atom stereocenters. The van der Waals surface area contributed by atoms with E-state index in [-0.39, 0.29) is 17.4 Å². The first-order valence-electron chi connectivity index (χ1n) is 5.84. The van der Waals surface area contributed by atoms with Gasteiger partial charge in [-0.05, 0) is 29.8 Å². The van der Waals surface area contributed by atoms with Gasteiger partial charge in [-0.1, -0.05) is 23.7 Å². The Morgan fingerprint density at radius 2 is 2.05 bits per heavy atom. The van der Waals surface area contributed by atoms with E-state index in [0.29, 0.717) is 9.90 Å². The number of hydrogen-bond donors (Lipinski definition) is 1. The third-order valence-corrected chi connectivity index (χ3v) is 6.33. The van der Waals surface area contributed by atoms with Gasteiger partial charge < -0.3 is 5.11 Å². The molecule has 0 saturated carbocycles. The maximum Gasteiger partial charge on any atom is 0.252 e. The van der Waals surface area contributed by atoms with Gasteiger partial charge in [0.2, 0.25) is 0 Å². The van der Waals surface area contributed by atoms with Crippen LogP contribution in [0.5, 0.6) is 0 Å². The number of aliphatic hydroxyl groups excluding tert-OH is 1. The van der Waals surface area contributed by atoms with Crippen LogP contribution in [0.25, 0.3) is 0 Å². The molecule has 4 nitrogen and oxygen atoms in total. The zero-order chi connectivity index (χ0) is 14.8. The quantitative estimate of drug-likeness (QED) is 0.916. The number of sulfonamides is 1. The van der Waals surface area contributed by atoms with Crippen molar-refractivity contribution in [1.29, 1.82) is 0 Å². The van der Waals surface area contributed by atoms with Crippen LogP contribution in [0.2, 0.25) is 5.02 Å². The second kappa shape index (κ2) is 6.24. The van der Waals surface area contributed by atoms with Crippen LogP contribution in [0.1, 0.15) is 10.4 Å². The van der Waals surface area contributed by atoms with Crippen LogP contribution in [0.3, 0.4) is 0 Å². The van der Waals surface area contributed by atoms with Crippen molar-refractivity contribution in [2.45, 2.75) is 17.4 Å². The van der Waals surface area contributed by atoms with E-state index >= 15 is 0 Å². The normalized spacial score (nSPS) is 12.0. The van der Waals surface area contributed by atoms with E-state index in [2.05, 4.69) is 0 Å². The Morgan fingerprint density at radius 3 is 2.65 bits per heavy atom. The summed E-state index contributed by atoms with van der Waals surface area (Å²) in [5, 5.41) is 9.58. The lowest BCUT2D eigenvalue weighted by molar-refractivity contribution is 0.285. The number of rotatable bonds is 5. The van der Waals surface area contributed by atoms with Gasteiger partial charge in [0.25, 0.3) is 10.0 Å². The minimum absolute atomic E-state index is 0.155. The highest BCUT2D eigenvalue weighted by molar-refractivity contribution is 7.91. The minimum Gasteiger partial charge on any atom is -0.391 e. The van der Waals surface area contributed by atoms with E-state index in [1.165, 1.54) is 17.4 Å². The fourth-order valence-electron chi connectivity index (χ4n) is 1.71. The highest BCUT2D eigenvalue weighted by Gasteiger charge is 2.22. The first-order valence-corrected chi connectivity index (χ1v) is 8.47. The standard InChI is InChI=1S/C13H14ClNO3S2/c1-15(8-10-3-2-4-11(14)7-10)20(17,18)13-6-5-12(9-16)19-13/h2-7,16H,8-9H2,1H3. The third-order valence-electron chi connectivity index (χ3n) is 2.75. The fourth-order valence-corrected chi connectivity index (χ4v) is 4.51. The molecule has 1 N–H and O–H groups in total. The molecule has 0 aliphatic carbocycles. The van der Waals surface area contributed by atoms with Crippen LogP contribution in [0.15, 0.2) is 40.6 Å². The molecular weight excluding hydrogens is 318 g/mol. The Hall–Kier alpha value is -0.920. The second-order valence-corrected chi connectivity index (χ2v) is 8.15. The van der Waals surface area contributed by atoms with E-state index in [0.717, 1.165) is 16.9 Å². The van der Waals surface area contributed by atoms with Crippen molar-refractivity contribution in [3.05, 3.63) is 51.9 Å². The summed E-state index contributed by atoms with van der Waals surface area (Å²) in [5.74, 6) is 0. The summed E-state index contributed by atoms with van der Waals surface area (Å²) >= 11 is 6.96. The molecule has 0 spiro atoms. The minimum atomic E-state index is -3.54. The summed E-state index contributed by atoms with van der Waals surface area (Å²) in [4.78, 5) is 0.625. The van der Waals surface area contributed by atoms with Crippen LogP contribution >= 0.6 is 22.9 Å². The molecule has 0 radical (unpaired) electrons. The molecule has 0 unspecified atom stereocenters. The van der Waals surface area contributed by atoms with Gasteiger partial charge in [-0.2, -0.15) is 4.31 Å². The average molecular weight is 332 g/mol. The van der Waals surface area contributed by atoms with Gasteiger partial charge >= 0.3 is 0 Å². The Balaban J connectivity index is 2.21. The summed E-state index contributed by atoms with van der Waals surface area (Å²) < 4.78 is 26.2. The van der Waals surface area contributed by atoms with E-state index in [1.807, 2.05) is 6.07 Å².